The molecule has 0 saturated carbocycles. The van der Waals surface area contributed by atoms with Crippen LogP contribution < -0.4 is 10.2 Å². The number of carboxylic acids is 1. The lowest BCUT2D eigenvalue weighted by Crippen LogP contribution is -2.28. The average molecular weight is 729 g/mol. The van der Waals surface area contributed by atoms with Gasteiger partial charge in [-0.15, -0.1) is 0 Å². The summed E-state index contributed by atoms with van der Waals surface area (Å²) in [6.07, 6.45) is 9.43. The molecular weight excluding hydrogens is 679 g/mol. The molecule has 12 heteroatoms. The molecule has 0 atom stereocenters. The number of benzene rings is 2. The summed E-state index contributed by atoms with van der Waals surface area (Å²) >= 11 is 0. The van der Waals surface area contributed by atoms with E-state index < -0.39 is 21.5 Å². The summed E-state index contributed by atoms with van der Waals surface area (Å²) < 4.78 is 36.2. The number of unbranched alkanes of at least 4 members (excludes halogenated alkanes) is 2. The van der Waals surface area contributed by atoms with Crippen molar-refractivity contribution in [2.24, 2.45) is 0 Å². The molecular formula is C37H50N3O6S3+. The molecule has 2 aliphatic rings. The Morgan fingerprint density at radius 2 is 1.69 bits per heavy atom. The first-order valence-corrected chi connectivity index (χ1v) is 20.8. The normalized spacial score (nSPS) is 17.2. The van der Waals surface area contributed by atoms with E-state index in [-0.39, 0.29) is 22.6 Å². The van der Waals surface area contributed by atoms with E-state index in [2.05, 4.69) is 92.8 Å². The first-order valence-electron chi connectivity index (χ1n) is 16.9. The van der Waals surface area contributed by atoms with Crippen molar-refractivity contribution in [2.45, 2.75) is 89.4 Å². The number of nitrogens with one attached hydrogen (secondary N) is 1. The molecule has 0 spiro atoms. The number of aliphatic carboxylic acids is 1. The summed E-state index contributed by atoms with van der Waals surface area (Å²) in [5, 5.41) is 11.6. The Kier molecular flexibility index (Phi) is 12.9. The highest BCUT2D eigenvalue weighted by atomic mass is 33.1. The zero-order valence-electron chi connectivity index (χ0n) is 29.4. The zero-order valence-corrected chi connectivity index (χ0v) is 31.9. The topological polar surface area (TPSA) is 127 Å². The molecule has 2 aliphatic heterocycles. The zero-order chi connectivity index (χ0) is 36.0. The summed E-state index contributed by atoms with van der Waals surface area (Å²) in [7, 11) is -1.29. The number of rotatable bonds is 17. The van der Waals surface area contributed by atoms with Gasteiger partial charge in [0.2, 0.25) is 11.6 Å². The number of likely N-dealkylation sites (N-methyl/N-ethyl adjacent to an activating group) is 1. The molecule has 0 saturated heterocycles. The number of carbonyl (C=O) groups excluding carboxylic acids is 1. The lowest BCUT2D eigenvalue weighted by Gasteiger charge is -2.25. The van der Waals surface area contributed by atoms with Gasteiger partial charge in [-0.3, -0.25) is 14.1 Å². The minimum atomic E-state index is -4.36. The fraction of sp³-hybridized carbons (Fsp3) is 0.486. The Labute approximate surface area is 299 Å². The van der Waals surface area contributed by atoms with Gasteiger partial charge in [0.1, 0.15) is 6.54 Å². The number of anilines is 1. The maximum Gasteiger partial charge on any atom is 0.304 e. The number of hydrogen-bond donors (Lipinski definition) is 3. The fourth-order valence-corrected chi connectivity index (χ4v) is 9.11. The van der Waals surface area contributed by atoms with Crippen LogP contribution in [0.2, 0.25) is 0 Å². The maximum absolute atomic E-state index is 12.4. The highest BCUT2D eigenvalue weighted by molar-refractivity contribution is 8.76. The second kappa shape index (κ2) is 16.3. The smallest absolute Gasteiger partial charge is 0.304 e. The summed E-state index contributed by atoms with van der Waals surface area (Å²) in [6.45, 7) is 15.1. The molecule has 0 unspecified atom stereocenters. The summed E-state index contributed by atoms with van der Waals surface area (Å²) in [5.41, 5.74) is 7.10. The number of nitrogens with zero attached hydrogens (tertiary/aromatic N) is 2. The van der Waals surface area contributed by atoms with Crippen molar-refractivity contribution < 1.29 is 32.2 Å². The minimum Gasteiger partial charge on any atom is -0.481 e. The molecule has 266 valence electrons. The Hall–Kier alpha value is -3.06. The largest absolute Gasteiger partial charge is 0.481 e. The van der Waals surface area contributed by atoms with Crippen LogP contribution in [-0.4, -0.2) is 71.4 Å². The Balaban J connectivity index is 1.48. The molecule has 2 aromatic rings. The van der Waals surface area contributed by atoms with Crippen LogP contribution in [0, 0.1) is 6.92 Å². The number of amides is 1. The van der Waals surface area contributed by atoms with Gasteiger partial charge in [0, 0.05) is 71.9 Å². The molecule has 4 rings (SSSR count). The molecule has 0 aromatic heterocycles. The second-order valence-corrected chi connectivity index (χ2v) is 17.7. The quantitative estimate of drug-likeness (QED) is 0.0661. The molecule has 9 nitrogen and oxygen atoms in total. The van der Waals surface area contributed by atoms with Crippen LogP contribution in [0.15, 0.2) is 65.2 Å². The monoisotopic (exact) mass is 728 g/mol. The van der Waals surface area contributed by atoms with Crippen molar-refractivity contribution in [2.75, 3.05) is 36.0 Å². The van der Waals surface area contributed by atoms with Crippen LogP contribution in [-0.2, 0) is 30.5 Å². The molecule has 1 amide bonds. The van der Waals surface area contributed by atoms with E-state index in [4.69, 9.17) is 5.11 Å². The Morgan fingerprint density at radius 3 is 2.39 bits per heavy atom. The van der Waals surface area contributed by atoms with Gasteiger partial charge in [-0.2, -0.15) is 13.0 Å². The predicted molar refractivity (Wildman–Crippen MR) is 202 cm³/mol. The Morgan fingerprint density at radius 1 is 0.959 bits per heavy atom. The van der Waals surface area contributed by atoms with Crippen LogP contribution in [0.1, 0.15) is 83.4 Å². The third-order valence-electron chi connectivity index (χ3n) is 9.31. The SMILES string of the molecule is CCN1/C(=C/C=C/C2=[N+](CCCCCC(=O)NCCSSCCC(=O)O)c3ccc(S(=O)(=O)O)cc3C2(C)C)C(C)(C)c2cc(C)ccc21. The van der Waals surface area contributed by atoms with E-state index in [1.165, 1.54) is 39.4 Å². The van der Waals surface area contributed by atoms with Gasteiger partial charge in [0.25, 0.3) is 10.1 Å². The van der Waals surface area contributed by atoms with E-state index in [0.29, 0.717) is 25.3 Å². The number of carbonyl (C=O) groups is 2. The highest BCUT2D eigenvalue weighted by Crippen LogP contribution is 2.48. The van der Waals surface area contributed by atoms with Gasteiger partial charge in [-0.25, -0.2) is 0 Å². The van der Waals surface area contributed by atoms with Crippen molar-refractivity contribution in [3.63, 3.8) is 0 Å². The third kappa shape index (κ3) is 9.19. The fourth-order valence-electron chi connectivity index (χ4n) is 6.72. The molecule has 0 bridgehead atoms. The lowest BCUT2D eigenvalue weighted by molar-refractivity contribution is -0.438. The number of carboxylic acid groups (broad SMARTS) is 1. The Bertz CT molecular complexity index is 1760. The molecule has 0 fully saturated rings. The average Bonchev–Trinajstić information content (AvgIpc) is 3.37. The molecule has 0 radical (unpaired) electrons. The van der Waals surface area contributed by atoms with Crippen LogP contribution >= 0.6 is 21.6 Å². The maximum atomic E-state index is 12.4. The van der Waals surface area contributed by atoms with Crippen LogP contribution in [0.25, 0.3) is 0 Å². The standard InChI is InChI=1S/C37H49N3O6S3/c1-7-39-30-17-15-26(2)24-28(30)36(3,4)32(39)12-11-13-33-37(5,6)29-25-27(49(44,45)46)16-18-31(29)40(33)21-10-8-9-14-34(41)38-20-23-48-47-22-19-35(42)43/h11-13,15-18,24-25H,7-10,14,19-23H2,1-6H3,(H2-,38,41,42,43,44,45,46)/p+1. The molecule has 3 N–H and O–H groups in total. The van der Waals surface area contributed by atoms with Gasteiger partial charge in [0.15, 0.2) is 5.71 Å². The van der Waals surface area contributed by atoms with Gasteiger partial charge < -0.3 is 15.3 Å². The van der Waals surface area contributed by atoms with Gasteiger partial charge in [0.05, 0.1) is 16.7 Å². The highest BCUT2D eigenvalue weighted by Gasteiger charge is 2.45. The summed E-state index contributed by atoms with van der Waals surface area (Å²) in [5.74, 6) is 0.480. The minimum absolute atomic E-state index is 0.0121. The number of allylic oxidation sites excluding steroid dienone is 4. The summed E-state index contributed by atoms with van der Waals surface area (Å²) in [4.78, 5) is 25.2. The summed E-state index contributed by atoms with van der Waals surface area (Å²) in [6, 6.07) is 11.5. The van der Waals surface area contributed by atoms with Gasteiger partial charge in [-0.1, -0.05) is 59.2 Å². The third-order valence-corrected chi connectivity index (χ3v) is 12.6. The second-order valence-electron chi connectivity index (χ2n) is 13.6. The van der Waals surface area contributed by atoms with Crippen LogP contribution in [0.3, 0.4) is 0 Å². The number of fused-ring (bicyclic) bond motifs is 2. The number of hydrogen-bond acceptors (Lipinski definition) is 7. The van der Waals surface area contributed by atoms with Crippen LogP contribution in [0.5, 0.6) is 0 Å². The van der Waals surface area contributed by atoms with Crippen molar-refractivity contribution >= 4 is 60.7 Å². The van der Waals surface area contributed by atoms with Gasteiger partial charge in [-0.05, 0) is 70.4 Å². The van der Waals surface area contributed by atoms with Crippen molar-refractivity contribution in [1.82, 2.24) is 5.32 Å². The lowest BCUT2D eigenvalue weighted by atomic mass is 9.81. The predicted octanol–water partition coefficient (Wildman–Crippen LogP) is 7.41. The molecule has 0 aliphatic carbocycles. The number of aryl methyl sites for hydroxylation is 1. The molecule has 2 aromatic carbocycles. The van der Waals surface area contributed by atoms with E-state index >= 15 is 0 Å². The van der Waals surface area contributed by atoms with Crippen molar-refractivity contribution in [1.29, 1.82) is 0 Å². The van der Waals surface area contributed by atoms with E-state index in [1.807, 2.05) is 0 Å². The first kappa shape index (κ1) is 38.7. The van der Waals surface area contributed by atoms with E-state index in [9.17, 15) is 22.6 Å². The van der Waals surface area contributed by atoms with Crippen molar-refractivity contribution in [3.8, 4) is 0 Å². The van der Waals surface area contributed by atoms with Crippen molar-refractivity contribution in [3.05, 3.63) is 77.0 Å². The van der Waals surface area contributed by atoms with E-state index in [1.54, 1.807) is 22.9 Å². The molecule has 49 heavy (non-hydrogen) atoms. The molecule has 2 heterocycles. The van der Waals surface area contributed by atoms with Gasteiger partial charge >= 0.3 is 5.97 Å². The van der Waals surface area contributed by atoms with E-state index in [0.717, 1.165) is 48.5 Å². The first-order chi connectivity index (χ1) is 23.1. The van der Waals surface area contributed by atoms with Crippen LogP contribution in [0.4, 0.5) is 11.4 Å².